The average molecular weight is 346 g/mol. The third-order valence-electron chi connectivity index (χ3n) is 5.35. The molecule has 0 saturated carbocycles. The molecule has 0 spiro atoms. The van der Waals surface area contributed by atoms with Gasteiger partial charge in [0.05, 0.1) is 36.6 Å². The predicted octanol–water partition coefficient (Wildman–Crippen LogP) is -2.83. The molecule has 0 aromatic carbocycles. The molecule has 1 N–H and O–H groups in total. The maximum atomic E-state index is 12.3. The van der Waals surface area contributed by atoms with E-state index in [1.165, 1.54) is 0 Å². The zero-order chi connectivity index (χ0) is 16.2. The molecule has 128 valence electrons. The van der Waals surface area contributed by atoms with Gasteiger partial charge in [-0.2, -0.15) is 0 Å². The van der Waals surface area contributed by atoms with Crippen molar-refractivity contribution >= 4 is 21.8 Å². The number of carbonyl (C=O) groups excluding carboxylic acids is 2. The maximum absolute atomic E-state index is 12.3. The van der Waals surface area contributed by atoms with Crippen LogP contribution in [0.3, 0.4) is 0 Å². The number of rotatable bonds is 4. The molecular formula is C14H20NO7S+. The number of quaternary nitrogens is 1. The Labute approximate surface area is 134 Å². The van der Waals surface area contributed by atoms with Gasteiger partial charge in [0, 0.05) is 6.42 Å². The molecule has 8 nitrogen and oxygen atoms in total. The molecule has 4 aliphatic heterocycles. The van der Waals surface area contributed by atoms with Crippen LogP contribution in [0.15, 0.2) is 0 Å². The van der Waals surface area contributed by atoms with Crippen molar-refractivity contribution in [3.8, 4) is 0 Å². The molecule has 23 heavy (non-hydrogen) atoms. The van der Waals surface area contributed by atoms with E-state index in [1.807, 2.05) is 0 Å². The Kier molecular flexibility index (Phi) is 3.62. The predicted molar refractivity (Wildman–Crippen MR) is 75.3 cm³/mol. The monoisotopic (exact) mass is 346 g/mol. The van der Waals surface area contributed by atoms with Gasteiger partial charge >= 0.3 is 11.9 Å². The number of carbonyl (C=O) groups is 2. The highest BCUT2D eigenvalue weighted by Crippen LogP contribution is 2.50. The van der Waals surface area contributed by atoms with Gasteiger partial charge in [-0.1, -0.05) is 0 Å². The minimum Gasteiger partial charge on any atom is -0.459 e. The van der Waals surface area contributed by atoms with Gasteiger partial charge in [0.1, 0.15) is 31.3 Å². The lowest BCUT2D eigenvalue weighted by Crippen LogP contribution is -3.14. The Morgan fingerprint density at radius 3 is 2.74 bits per heavy atom. The maximum Gasteiger partial charge on any atom is 0.313 e. The second-order valence-corrected chi connectivity index (χ2v) is 9.02. The normalized spacial score (nSPS) is 41.0. The smallest absolute Gasteiger partial charge is 0.313 e. The molecule has 5 unspecified atom stereocenters. The van der Waals surface area contributed by atoms with Crippen molar-refractivity contribution in [3.05, 3.63) is 0 Å². The Hall–Kier alpha value is -1.19. The topological polar surface area (TPSA) is 100 Å². The summed E-state index contributed by atoms with van der Waals surface area (Å²) in [6.45, 7) is 1.91. The van der Waals surface area contributed by atoms with Gasteiger partial charge in [-0.15, -0.1) is 0 Å². The lowest BCUT2D eigenvalue weighted by molar-refractivity contribution is -0.896. The molecule has 0 aromatic rings. The first-order valence-corrected chi connectivity index (χ1v) is 9.83. The van der Waals surface area contributed by atoms with Crippen LogP contribution in [-0.2, 0) is 33.6 Å². The number of sulfone groups is 1. The molecular weight excluding hydrogens is 326 g/mol. The SMILES string of the molecule is O=C(OCC[NH+]1CCS(=O)(=O)CC1)C1C2CC3OC(=O)C1C3O2. The molecule has 0 amide bonds. The van der Waals surface area contributed by atoms with Gasteiger partial charge < -0.3 is 19.1 Å². The van der Waals surface area contributed by atoms with Crippen molar-refractivity contribution in [2.24, 2.45) is 11.8 Å². The van der Waals surface area contributed by atoms with Crippen LogP contribution in [-0.4, -0.2) is 76.4 Å². The van der Waals surface area contributed by atoms with Gasteiger partial charge in [-0.3, -0.25) is 9.59 Å². The van der Waals surface area contributed by atoms with Gasteiger partial charge in [-0.05, 0) is 0 Å². The number of hydrogen-bond acceptors (Lipinski definition) is 7. The van der Waals surface area contributed by atoms with Crippen molar-refractivity contribution in [2.45, 2.75) is 24.7 Å². The van der Waals surface area contributed by atoms with Crippen LogP contribution in [0.2, 0.25) is 0 Å². The van der Waals surface area contributed by atoms with E-state index < -0.39 is 27.6 Å². The Balaban J connectivity index is 1.27. The largest absolute Gasteiger partial charge is 0.459 e. The van der Waals surface area contributed by atoms with Crippen LogP contribution >= 0.6 is 0 Å². The van der Waals surface area contributed by atoms with Crippen LogP contribution in [0.4, 0.5) is 0 Å². The number of fused-ring (bicyclic) bond motifs is 1. The molecule has 5 atom stereocenters. The van der Waals surface area contributed by atoms with Crippen LogP contribution in [0.5, 0.6) is 0 Å². The number of hydrogen-bond donors (Lipinski definition) is 1. The molecule has 4 heterocycles. The zero-order valence-corrected chi connectivity index (χ0v) is 13.4. The fourth-order valence-corrected chi connectivity index (χ4v) is 5.49. The molecule has 4 saturated heterocycles. The van der Waals surface area contributed by atoms with E-state index in [2.05, 4.69) is 0 Å². The van der Waals surface area contributed by atoms with Gasteiger partial charge in [0.2, 0.25) is 0 Å². The van der Waals surface area contributed by atoms with E-state index in [0.29, 0.717) is 26.1 Å². The van der Waals surface area contributed by atoms with E-state index >= 15 is 0 Å². The number of ether oxygens (including phenoxy) is 3. The Morgan fingerprint density at radius 1 is 1.26 bits per heavy atom. The summed E-state index contributed by atoms with van der Waals surface area (Å²) in [6.07, 6.45) is -0.187. The van der Waals surface area contributed by atoms with Crippen molar-refractivity contribution in [3.63, 3.8) is 0 Å². The summed E-state index contributed by atoms with van der Waals surface area (Å²) in [5.41, 5.74) is 0. The molecule has 0 aromatic heterocycles. The molecule has 0 radical (unpaired) electrons. The molecule has 0 aliphatic carbocycles. The molecule has 2 bridgehead atoms. The van der Waals surface area contributed by atoms with E-state index in [9.17, 15) is 18.0 Å². The van der Waals surface area contributed by atoms with Crippen molar-refractivity contribution in [2.75, 3.05) is 37.7 Å². The second-order valence-electron chi connectivity index (χ2n) is 6.72. The first-order valence-electron chi connectivity index (χ1n) is 8.01. The van der Waals surface area contributed by atoms with E-state index in [-0.39, 0.29) is 42.4 Å². The fraction of sp³-hybridized carbons (Fsp3) is 0.857. The molecule has 4 fully saturated rings. The van der Waals surface area contributed by atoms with Crippen molar-refractivity contribution in [1.29, 1.82) is 0 Å². The number of nitrogens with one attached hydrogen (secondary N) is 1. The fourth-order valence-electron chi connectivity index (χ4n) is 4.08. The highest BCUT2D eigenvalue weighted by Gasteiger charge is 2.66. The van der Waals surface area contributed by atoms with Crippen LogP contribution in [0.1, 0.15) is 6.42 Å². The van der Waals surface area contributed by atoms with E-state index in [1.54, 1.807) is 0 Å². The minimum absolute atomic E-state index is 0.186. The lowest BCUT2D eigenvalue weighted by atomic mass is 9.80. The molecule has 9 heteroatoms. The first-order chi connectivity index (χ1) is 10.9. The average Bonchev–Trinajstić information content (AvgIpc) is 3.10. The number of esters is 2. The van der Waals surface area contributed by atoms with Crippen LogP contribution < -0.4 is 4.90 Å². The summed E-state index contributed by atoms with van der Waals surface area (Å²) in [4.78, 5) is 25.2. The summed E-state index contributed by atoms with van der Waals surface area (Å²) in [5.74, 6) is -1.45. The quantitative estimate of drug-likeness (QED) is 0.548. The van der Waals surface area contributed by atoms with Gasteiger partial charge in [-0.25, -0.2) is 8.42 Å². The summed E-state index contributed by atoms with van der Waals surface area (Å²) in [6, 6.07) is 0. The molecule has 4 aliphatic rings. The van der Waals surface area contributed by atoms with Crippen LogP contribution in [0, 0.1) is 11.8 Å². The van der Waals surface area contributed by atoms with Gasteiger partial charge in [0.25, 0.3) is 0 Å². The first kappa shape index (κ1) is 15.3. The third-order valence-corrected chi connectivity index (χ3v) is 7.00. The summed E-state index contributed by atoms with van der Waals surface area (Å²) in [7, 11) is -2.88. The summed E-state index contributed by atoms with van der Waals surface area (Å²) in [5, 5.41) is 0. The zero-order valence-electron chi connectivity index (χ0n) is 12.6. The van der Waals surface area contributed by atoms with E-state index in [0.717, 1.165) is 4.90 Å². The highest BCUT2D eigenvalue weighted by molar-refractivity contribution is 7.91. The summed E-state index contributed by atoms with van der Waals surface area (Å²) < 4.78 is 39.0. The third kappa shape index (κ3) is 2.64. The highest BCUT2D eigenvalue weighted by atomic mass is 32.2. The second kappa shape index (κ2) is 5.42. The lowest BCUT2D eigenvalue weighted by Gasteiger charge is -2.24. The van der Waals surface area contributed by atoms with E-state index in [4.69, 9.17) is 14.2 Å². The van der Waals surface area contributed by atoms with Crippen LogP contribution in [0.25, 0.3) is 0 Å². The molecule has 4 rings (SSSR count). The van der Waals surface area contributed by atoms with Crippen molar-refractivity contribution < 1.29 is 37.1 Å². The van der Waals surface area contributed by atoms with Crippen molar-refractivity contribution in [1.82, 2.24) is 0 Å². The Morgan fingerprint density at radius 2 is 2.00 bits per heavy atom. The minimum atomic E-state index is -2.88. The standard InChI is InChI=1S/C14H19NO7S/c16-13(20-4-1-15-2-5-23(18,19)6-3-15)10-8-7-9-12(21-8)11(10)14(17)22-9/h8-12H,1-7H2/p+1. The summed E-state index contributed by atoms with van der Waals surface area (Å²) >= 11 is 0. The Bertz CT molecular complexity index is 617. The van der Waals surface area contributed by atoms with Gasteiger partial charge in [0.15, 0.2) is 9.84 Å².